The van der Waals surface area contributed by atoms with Gasteiger partial charge in [-0.2, -0.15) is 0 Å². The van der Waals surface area contributed by atoms with Crippen LogP contribution in [0.5, 0.6) is 5.75 Å². The maximum Gasteiger partial charge on any atom is 0.279 e. The Morgan fingerprint density at radius 3 is 2.44 bits per heavy atom. The van der Waals surface area contributed by atoms with Crippen molar-refractivity contribution in [3.8, 4) is 5.75 Å². The van der Waals surface area contributed by atoms with Crippen molar-refractivity contribution in [2.45, 2.75) is 0 Å². The quantitative estimate of drug-likeness (QED) is 0.633. The number of hydrogen-bond acceptors (Lipinski definition) is 2. The highest BCUT2D eigenvalue weighted by Crippen LogP contribution is 2.25. The molecular weight excluding hydrogens is 385 g/mol. The molecule has 1 fully saturated rings. The molecule has 0 bridgehead atoms. The lowest BCUT2D eigenvalue weighted by Crippen LogP contribution is -3.28. The zero-order valence-corrected chi connectivity index (χ0v) is 16.7. The number of halogens is 2. The SMILES string of the molecule is O=C(C[NH+]1CC[NH+](CCOc2ccccc2)CC1)Nc1cc(Cl)ccc1Cl. The lowest BCUT2D eigenvalue weighted by atomic mass is 10.3. The van der Waals surface area contributed by atoms with E-state index in [0.29, 0.717) is 28.9 Å². The van der Waals surface area contributed by atoms with Crippen molar-refractivity contribution in [1.82, 2.24) is 0 Å². The number of nitrogens with one attached hydrogen (secondary N) is 3. The van der Waals surface area contributed by atoms with Crippen molar-refractivity contribution >= 4 is 34.8 Å². The second-order valence-corrected chi connectivity index (χ2v) is 7.60. The summed E-state index contributed by atoms with van der Waals surface area (Å²) < 4.78 is 5.77. The summed E-state index contributed by atoms with van der Waals surface area (Å²) in [7, 11) is 0. The van der Waals surface area contributed by atoms with E-state index >= 15 is 0 Å². The number of hydrogen-bond donors (Lipinski definition) is 3. The summed E-state index contributed by atoms with van der Waals surface area (Å²) >= 11 is 12.1. The molecule has 1 aliphatic heterocycles. The smallest absolute Gasteiger partial charge is 0.279 e. The van der Waals surface area contributed by atoms with E-state index in [9.17, 15) is 4.79 Å². The Morgan fingerprint density at radius 1 is 1.00 bits per heavy atom. The van der Waals surface area contributed by atoms with Crippen LogP contribution in [0.1, 0.15) is 0 Å². The summed E-state index contributed by atoms with van der Waals surface area (Å²) in [5, 5.41) is 3.91. The average molecular weight is 410 g/mol. The molecule has 144 valence electrons. The number of para-hydroxylation sites is 1. The number of ether oxygens (including phenoxy) is 1. The van der Waals surface area contributed by atoms with Gasteiger partial charge < -0.3 is 19.9 Å². The number of amides is 1. The minimum atomic E-state index is -0.0370. The third-order valence-electron chi connectivity index (χ3n) is 4.74. The molecule has 0 aliphatic carbocycles. The third-order valence-corrected chi connectivity index (χ3v) is 5.31. The van der Waals surface area contributed by atoms with Gasteiger partial charge >= 0.3 is 0 Å². The molecule has 1 saturated heterocycles. The van der Waals surface area contributed by atoms with Crippen LogP contribution in [0, 0.1) is 0 Å². The molecule has 0 aromatic heterocycles. The summed E-state index contributed by atoms with van der Waals surface area (Å²) in [6.07, 6.45) is 0. The number of quaternary nitrogens is 2. The molecular formula is C20H25Cl2N3O2+2. The Labute approximate surface area is 169 Å². The normalized spacial score (nSPS) is 19.5. The predicted octanol–water partition coefficient (Wildman–Crippen LogP) is 0.794. The van der Waals surface area contributed by atoms with E-state index in [4.69, 9.17) is 27.9 Å². The van der Waals surface area contributed by atoms with Gasteiger partial charge in [-0.3, -0.25) is 4.79 Å². The first-order chi connectivity index (χ1) is 13.1. The molecule has 0 atom stereocenters. The van der Waals surface area contributed by atoms with E-state index in [1.165, 1.54) is 9.80 Å². The van der Waals surface area contributed by atoms with E-state index in [-0.39, 0.29) is 5.91 Å². The molecule has 27 heavy (non-hydrogen) atoms. The Morgan fingerprint density at radius 2 is 1.70 bits per heavy atom. The van der Waals surface area contributed by atoms with Gasteiger partial charge in [-0.05, 0) is 30.3 Å². The van der Waals surface area contributed by atoms with Crippen LogP contribution in [0.25, 0.3) is 0 Å². The Balaban J connectivity index is 1.36. The van der Waals surface area contributed by atoms with E-state index < -0.39 is 0 Å². The maximum atomic E-state index is 12.3. The van der Waals surface area contributed by atoms with Gasteiger partial charge in [0.25, 0.3) is 5.91 Å². The summed E-state index contributed by atoms with van der Waals surface area (Å²) in [5.41, 5.74) is 0.566. The molecule has 2 aromatic carbocycles. The standard InChI is InChI=1S/C20H23Cl2N3O2/c21-16-6-7-18(22)19(14-16)23-20(26)15-25-10-8-24(9-11-25)12-13-27-17-4-2-1-3-5-17/h1-7,14H,8-13,15H2,(H,23,26)/p+2. The summed E-state index contributed by atoms with van der Waals surface area (Å²) in [6, 6.07) is 14.9. The van der Waals surface area contributed by atoms with Crippen molar-refractivity contribution < 1.29 is 19.3 Å². The van der Waals surface area contributed by atoms with Gasteiger partial charge in [0.1, 0.15) is 45.1 Å². The largest absolute Gasteiger partial charge is 0.488 e. The fraction of sp³-hybridized carbons (Fsp3) is 0.350. The van der Waals surface area contributed by atoms with Gasteiger partial charge in [-0.15, -0.1) is 0 Å². The van der Waals surface area contributed by atoms with Crippen molar-refractivity contribution in [2.24, 2.45) is 0 Å². The second-order valence-electron chi connectivity index (χ2n) is 6.76. The van der Waals surface area contributed by atoms with Gasteiger partial charge in [-0.25, -0.2) is 0 Å². The number of piperazine rings is 1. The number of carbonyl (C=O) groups is 1. The highest BCUT2D eigenvalue weighted by molar-refractivity contribution is 6.35. The van der Waals surface area contributed by atoms with Crippen molar-refractivity contribution in [3.05, 3.63) is 58.6 Å². The third kappa shape index (κ3) is 6.40. The zero-order valence-electron chi connectivity index (χ0n) is 15.1. The highest BCUT2D eigenvalue weighted by atomic mass is 35.5. The van der Waals surface area contributed by atoms with Crippen LogP contribution in [0.3, 0.4) is 0 Å². The molecule has 3 rings (SSSR count). The van der Waals surface area contributed by atoms with Crippen molar-refractivity contribution in [2.75, 3.05) is 51.2 Å². The van der Waals surface area contributed by atoms with Crippen LogP contribution in [-0.2, 0) is 4.79 Å². The van der Waals surface area contributed by atoms with Crippen molar-refractivity contribution in [3.63, 3.8) is 0 Å². The maximum absolute atomic E-state index is 12.3. The Bertz CT molecular complexity index is 750. The lowest BCUT2D eigenvalue weighted by Gasteiger charge is -2.29. The molecule has 7 heteroatoms. The van der Waals surface area contributed by atoms with E-state index in [1.54, 1.807) is 18.2 Å². The van der Waals surface area contributed by atoms with E-state index in [0.717, 1.165) is 38.5 Å². The minimum Gasteiger partial charge on any atom is -0.488 e. The van der Waals surface area contributed by atoms with E-state index in [2.05, 4.69) is 5.32 Å². The lowest BCUT2D eigenvalue weighted by molar-refractivity contribution is -1.01. The van der Waals surface area contributed by atoms with Gasteiger partial charge in [0.2, 0.25) is 0 Å². The van der Waals surface area contributed by atoms with Gasteiger partial charge in [0.15, 0.2) is 6.54 Å². The highest BCUT2D eigenvalue weighted by Gasteiger charge is 2.24. The molecule has 0 unspecified atom stereocenters. The van der Waals surface area contributed by atoms with Crippen LogP contribution in [0.4, 0.5) is 5.69 Å². The van der Waals surface area contributed by atoms with Crippen LogP contribution in [0.15, 0.2) is 48.5 Å². The first kappa shape index (κ1) is 20.0. The fourth-order valence-corrected chi connectivity index (χ4v) is 3.57. The first-order valence-electron chi connectivity index (χ1n) is 9.20. The molecule has 1 aliphatic rings. The molecule has 2 aromatic rings. The summed E-state index contributed by atoms with van der Waals surface area (Å²) in [6.45, 7) is 6.15. The number of carbonyl (C=O) groups excluding carboxylic acids is 1. The molecule has 1 heterocycles. The molecule has 3 N–H and O–H groups in total. The second kappa shape index (κ2) is 9.95. The van der Waals surface area contributed by atoms with Gasteiger partial charge in [-0.1, -0.05) is 41.4 Å². The Kier molecular flexibility index (Phi) is 7.35. The minimum absolute atomic E-state index is 0.0370. The topological polar surface area (TPSA) is 47.2 Å². The molecule has 0 spiro atoms. The summed E-state index contributed by atoms with van der Waals surface area (Å²) in [4.78, 5) is 15.1. The fourth-order valence-electron chi connectivity index (χ4n) is 3.23. The Hall–Kier alpha value is -1.79. The monoisotopic (exact) mass is 409 g/mol. The summed E-state index contributed by atoms with van der Waals surface area (Å²) in [5.74, 6) is 0.877. The average Bonchev–Trinajstić information content (AvgIpc) is 2.67. The van der Waals surface area contributed by atoms with Gasteiger partial charge in [0.05, 0.1) is 10.7 Å². The molecule has 0 saturated carbocycles. The van der Waals surface area contributed by atoms with Crippen LogP contribution >= 0.6 is 23.2 Å². The first-order valence-corrected chi connectivity index (χ1v) is 9.95. The number of benzene rings is 2. The molecule has 1 amide bonds. The molecule has 5 nitrogen and oxygen atoms in total. The predicted molar refractivity (Wildman–Crippen MR) is 108 cm³/mol. The van der Waals surface area contributed by atoms with E-state index in [1.807, 2.05) is 30.3 Å². The van der Waals surface area contributed by atoms with Gasteiger partial charge in [0, 0.05) is 5.02 Å². The molecule has 0 radical (unpaired) electrons. The van der Waals surface area contributed by atoms with Crippen LogP contribution < -0.4 is 19.9 Å². The van der Waals surface area contributed by atoms with Crippen LogP contribution in [-0.4, -0.2) is 51.8 Å². The number of rotatable bonds is 7. The number of anilines is 1. The van der Waals surface area contributed by atoms with Crippen molar-refractivity contribution in [1.29, 1.82) is 0 Å². The zero-order chi connectivity index (χ0) is 19.1. The van der Waals surface area contributed by atoms with Crippen LogP contribution in [0.2, 0.25) is 10.0 Å².